The molecule has 2 aromatic rings. The van der Waals surface area contributed by atoms with Crippen LogP contribution < -0.4 is 5.32 Å². The van der Waals surface area contributed by atoms with Gasteiger partial charge in [-0.3, -0.25) is 4.99 Å². The van der Waals surface area contributed by atoms with E-state index in [1.165, 1.54) is 17.0 Å². The highest BCUT2D eigenvalue weighted by atomic mass is 32.1. The van der Waals surface area contributed by atoms with Crippen molar-refractivity contribution in [2.24, 2.45) is 10.9 Å². The van der Waals surface area contributed by atoms with Crippen LogP contribution in [0, 0.1) is 12.8 Å². The van der Waals surface area contributed by atoms with E-state index < -0.39 is 0 Å². The minimum atomic E-state index is 0.722. The van der Waals surface area contributed by atoms with Crippen LogP contribution in [0.1, 0.15) is 29.1 Å². The van der Waals surface area contributed by atoms with Crippen molar-refractivity contribution in [3.05, 3.63) is 52.0 Å². The molecule has 1 N–H and O–H groups in total. The van der Waals surface area contributed by atoms with Crippen molar-refractivity contribution in [2.75, 3.05) is 26.7 Å². The van der Waals surface area contributed by atoms with Gasteiger partial charge in [0.05, 0.1) is 5.01 Å². The maximum atomic E-state index is 4.52. The number of hydrogen-bond acceptors (Lipinski definition) is 3. The van der Waals surface area contributed by atoms with Gasteiger partial charge in [0.2, 0.25) is 0 Å². The van der Waals surface area contributed by atoms with Crippen molar-refractivity contribution in [1.82, 2.24) is 15.2 Å². The molecule has 1 unspecified atom stereocenters. The second-order valence-electron chi connectivity index (χ2n) is 6.75. The molecule has 3 rings (SSSR count). The Morgan fingerprint density at radius 3 is 2.92 bits per heavy atom. The number of aryl methyl sites for hydroxylation is 2. The van der Waals surface area contributed by atoms with E-state index in [1.54, 1.807) is 11.3 Å². The van der Waals surface area contributed by atoms with Crippen molar-refractivity contribution in [1.29, 1.82) is 0 Å². The zero-order chi connectivity index (χ0) is 17.5. The standard InChI is InChI=1S/C20H28N4S/c1-16-15-25-19(23-16)9-6-11-22-20(21-2)24-12-10-18(14-24)13-17-7-4-3-5-8-17/h3-5,7-8,15,18H,6,9-14H2,1-2H3,(H,21,22). The van der Waals surface area contributed by atoms with E-state index in [0.717, 1.165) is 56.5 Å². The fraction of sp³-hybridized carbons (Fsp3) is 0.500. The Hall–Kier alpha value is -1.88. The molecule has 1 atom stereocenters. The second kappa shape index (κ2) is 8.99. The number of thiazole rings is 1. The summed E-state index contributed by atoms with van der Waals surface area (Å²) in [5.41, 5.74) is 2.57. The Morgan fingerprint density at radius 1 is 1.36 bits per heavy atom. The first-order valence-electron chi connectivity index (χ1n) is 9.15. The third kappa shape index (κ3) is 5.30. The fourth-order valence-corrected chi connectivity index (χ4v) is 4.25. The average molecular weight is 357 g/mol. The number of benzene rings is 1. The molecular formula is C20H28N4S. The van der Waals surface area contributed by atoms with Crippen LogP contribution in [0.3, 0.4) is 0 Å². The minimum absolute atomic E-state index is 0.722. The van der Waals surface area contributed by atoms with Crippen LogP contribution in [0.2, 0.25) is 0 Å². The highest BCUT2D eigenvalue weighted by molar-refractivity contribution is 7.09. The number of likely N-dealkylation sites (tertiary alicyclic amines) is 1. The van der Waals surface area contributed by atoms with Gasteiger partial charge in [0, 0.05) is 44.2 Å². The summed E-state index contributed by atoms with van der Waals surface area (Å²) >= 11 is 1.76. The van der Waals surface area contributed by atoms with E-state index in [-0.39, 0.29) is 0 Å². The van der Waals surface area contributed by atoms with Crippen molar-refractivity contribution >= 4 is 17.3 Å². The Balaban J connectivity index is 1.41. The molecule has 1 saturated heterocycles. The summed E-state index contributed by atoms with van der Waals surface area (Å²) in [4.78, 5) is 11.4. The minimum Gasteiger partial charge on any atom is -0.356 e. The van der Waals surface area contributed by atoms with Gasteiger partial charge < -0.3 is 10.2 Å². The highest BCUT2D eigenvalue weighted by Crippen LogP contribution is 2.20. The van der Waals surface area contributed by atoms with E-state index in [0.29, 0.717) is 0 Å². The molecule has 1 aromatic heterocycles. The largest absolute Gasteiger partial charge is 0.356 e. The van der Waals surface area contributed by atoms with Crippen molar-refractivity contribution in [2.45, 2.75) is 32.6 Å². The molecule has 0 amide bonds. The molecule has 0 aliphatic carbocycles. The number of hydrogen-bond donors (Lipinski definition) is 1. The normalized spacial score (nSPS) is 17.9. The lowest BCUT2D eigenvalue weighted by atomic mass is 9.99. The van der Waals surface area contributed by atoms with Crippen molar-refractivity contribution in [3.8, 4) is 0 Å². The van der Waals surface area contributed by atoms with Crippen LogP contribution in [0.4, 0.5) is 0 Å². The predicted octanol–water partition coefficient (Wildman–Crippen LogP) is 3.52. The smallest absolute Gasteiger partial charge is 0.193 e. The van der Waals surface area contributed by atoms with Gasteiger partial charge in [-0.25, -0.2) is 4.98 Å². The average Bonchev–Trinajstić information content (AvgIpc) is 3.25. The summed E-state index contributed by atoms with van der Waals surface area (Å²) in [5.74, 6) is 1.77. The van der Waals surface area contributed by atoms with E-state index in [9.17, 15) is 0 Å². The van der Waals surface area contributed by atoms with Crippen LogP contribution in [0.25, 0.3) is 0 Å². The monoisotopic (exact) mass is 356 g/mol. The van der Waals surface area contributed by atoms with Gasteiger partial charge in [0.1, 0.15) is 0 Å². The number of aliphatic imine (C=N–C) groups is 1. The SMILES string of the molecule is CN=C(NCCCc1nc(C)cs1)N1CCC(Cc2ccccc2)C1. The number of rotatable bonds is 6. The summed E-state index contributed by atoms with van der Waals surface area (Å²) in [6.45, 7) is 5.20. The Labute approximate surface area is 155 Å². The first kappa shape index (κ1) is 17.9. The van der Waals surface area contributed by atoms with E-state index in [2.05, 4.69) is 62.8 Å². The maximum Gasteiger partial charge on any atom is 0.193 e. The van der Waals surface area contributed by atoms with Crippen molar-refractivity contribution < 1.29 is 0 Å². The Morgan fingerprint density at radius 2 is 2.20 bits per heavy atom. The van der Waals surface area contributed by atoms with Crippen LogP contribution in [0.5, 0.6) is 0 Å². The van der Waals surface area contributed by atoms with Gasteiger partial charge in [0.25, 0.3) is 0 Å². The number of nitrogens with zero attached hydrogens (tertiary/aromatic N) is 3. The van der Waals surface area contributed by atoms with E-state index >= 15 is 0 Å². The van der Waals surface area contributed by atoms with E-state index in [1.807, 2.05) is 7.05 Å². The quantitative estimate of drug-likeness (QED) is 0.489. The van der Waals surface area contributed by atoms with Crippen LogP contribution >= 0.6 is 11.3 Å². The lowest BCUT2D eigenvalue weighted by Gasteiger charge is -2.21. The predicted molar refractivity (Wildman–Crippen MR) is 106 cm³/mol. The third-order valence-corrected chi connectivity index (χ3v) is 5.71. The summed E-state index contributed by atoms with van der Waals surface area (Å²) in [5, 5.41) is 6.88. The molecule has 1 aliphatic heterocycles. The molecular weight excluding hydrogens is 328 g/mol. The Bertz CT molecular complexity index is 680. The van der Waals surface area contributed by atoms with Gasteiger partial charge in [-0.2, -0.15) is 0 Å². The zero-order valence-corrected chi connectivity index (χ0v) is 16.1. The van der Waals surface area contributed by atoms with Crippen molar-refractivity contribution in [3.63, 3.8) is 0 Å². The molecule has 1 fully saturated rings. The molecule has 25 heavy (non-hydrogen) atoms. The maximum absolute atomic E-state index is 4.52. The molecule has 0 bridgehead atoms. The molecule has 0 radical (unpaired) electrons. The summed E-state index contributed by atoms with van der Waals surface area (Å²) < 4.78 is 0. The van der Waals surface area contributed by atoms with Crippen LogP contribution in [0.15, 0.2) is 40.7 Å². The molecule has 1 aromatic carbocycles. The molecule has 134 valence electrons. The van der Waals surface area contributed by atoms with Gasteiger partial charge in [-0.1, -0.05) is 30.3 Å². The summed E-state index contributed by atoms with van der Waals surface area (Å²) in [6.07, 6.45) is 4.54. The van der Waals surface area contributed by atoms with Gasteiger partial charge in [0.15, 0.2) is 5.96 Å². The van der Waals surface area contributed by atoms with Crippen LogP contribution in [-0.4, -0.2) is 42.5 Å². The number of nitrogens with one attached hydrogen (secondary N) is 1. The zero-order valence-electron chi connectivity index (χ0n) is 15.2. The summed E-state index contributed by atoms with van der Waals surface area (Å²) in [7, 11) is 1.89. The highest BCUT2D eigenvalue weighted by Gasteiger charge is 2.24. The molecule has 2 heterocycles. The molecule has 1 aliphatic rings. The Kier molecular flexibility index (Phi) is 6.45. The topological polar surface area (TPSA) is 40.5 Å². The van der Waals surface area contributed by atoms with Gasteiger partial charge in [-0.15, -0.1) is 11.3 Å². The number of aromatic nitrogens is 1. The fourth-order valence-electron chi connectivity index (χ4n) is 3.43. The van der Waals surface area contributed by atoms with E-state index in [4.69, 9.17) is 0 Å². The molecule has 0 saturated carbocycles. The lowest BCUT2D eigenvalue weighted by molar-refractivity contribution is 0.459. The third-order valence-electron chi connectivity index (χ3n) is 4.68. The van der Waals surface area contributed by atoms with Crippen LogP contribution in [-0.2, 0) is 12.8 Å². The second-order valence-corrected chi connectivity index (χ2v) is 7.69. The van der Waals surface area contributed by atoms with Gasteiger partial charge >= 0.3 is 0 Å². The molecule has 4 nitrogen and oxygen atoms in total. The lowest BCUT2D eigenvalue weighted by Crippen LogP contribution is -2.40. The number of guanidine groups is 1. The summed E-state index contributed by atoms with van der Waals surface area (Å²) in [6, 6.07) is 10.8. The molecule has 0 spiro atoms. The molecule has 5 heteroatoms. The van der Waals surface area contributed by atoms with Gasteiger partial charge in [-0.05, 0) is 37.7 Å². The first-order valence-corrected chi connectivity index (χ1v) is 10.0. The first-order chi connectivity index (χ1) is 12.2.